The number of hydrogen-bond donors (Lipinski definition) is 3. The van der Waals surface area contributed by atoms with E-state index in [2.05, 4.69) is 10.6 Å². The zero-order chi connectivity index (χ0) is 13.7. The van der Waals surface area contributed by atoms with E-state index in [-0.39, 0.29) is 5.91 Å². The molecule has 2 rings (SSSR count). The Hall–Kier alpha value is -1.71. The lowest BCUT2D eigenvalue weighted by Crippen LogP contribution is -2.22. The number of carbonyl (C=O) groups excluding carboxylic acids is 1. The van der Waals surface area contributed by atoms with Crippen molar-refractivity contribution >= 4 is 17.3 Å². The van der Waals surface area contributed by atoms with E-state index in [0.29, 0.717) is 17.2 Å². The van der Waals surface area contributed by atoms with Gasteiger partial charge < -0.3 is 16.4 Å². The molecule has 104 valence electrons. The first-order chi connectivity index (χ1) is 9.20. The molecule has 4 nitrogen and oxygen atoms in total. The van der Waals surface area contributed by atoms with Gasteiger partial charge in [0, 0.05) is 25.0 Å². The monoisotopic (exact) mass is 261 g/mol. The molecule has 0 bridgehead atoms. The van der Waals surface area contributed by atoms with Crippen molar-refractivity contribution in [2.45, 2.75) is 32.1 Å². The van der Waals surface area contributed by atoms with Crippen LogP contribution < -0.4 is 16.4 Å². The molecule has 4 heteroatoms. The Morgan fingerprint density at radius 1 is 1.32 bits per heavy atom. The molecule has 19 heavy (non-hydrogen) atoms. The second kappa shape index (κ2) is 6.45. The SMILES string of the molecule is CNC(=O)c1ccc(N)cc1NCC1CCCCC1. The third-order valence-electron chi connectivity index (χ3n) is 3.82. The van der Waals surface area contributed by atoms with Crippen LogP contribution in [0.15, 0.2) is 18.2 Å². The van der Waals surface area contributed by atoms with Gasteiger partial charge in [-0.25, -0.2) is 0 Å². The third kappa shape index (κ3) is 3.63. The van der Waals surface area contributed by atoms with Crippen LogP contribution in [0.25, 0.3) is 0 Å². The molecule has 0 spiro atoms. The quantitative estimate of drug-likeness (QED) is 0.730. The smallest absolute Gasteiger partial charge is 0.253 e. The molecule has 1 aliphatic rings. The highest BCUT2D eigenvalue weighted by atomic mass is 16.1. The number of anilines is 2. The fourth-order valence-electron chi connectivity index (χ4n) is 2.69. The average Bonchev–Trinajstić information content (AvgIpc) is 2.45. The summed E-state index contributed by atoms with van der Waals surface area (Å²) in [5.41, 5.74) is 7.98. The average molecular weight is 261 g/mol. The molecule has 0 heterocycles. The fourth-order valence-corrected chi connectivity index (χ4v) is 2.69. The largest absolute Gasteiger partial charge is 0.399 e. The molecule has 0 saturated heterocycles. The van der Waals surface area contributed by atoms with Crippen molar-refractivity contribution < 1.29 is 4.79 Å². The molecule has 0 radical (unpaired) electrons. The Kier molecular flexibility index (Phi) is 4.66. The highest BCUT2D eigenvalue weighted by molar-refractivity contribution is 6.00. The molecule has 0 aliphatic heterocycles. The molecule has 4 N–H and O–H groups in total. The summed E-state index contributed by atoms with van der Waals surface area (Å²) in [6.45, 7) is 0.924. The highest BCUT2D eigenvalue weighted by Crippen LogP contribution is 2.25. The minimum Gasteiger partial charge on any atom is -0.399 e. The minimum atomic E-state index is -0.0776. The topological polar surface area (TPSA) is 67.2 Å². The van der Waals surface area contributed by atoms with Gasteiger partial charge in [-0.1, -0.05) is 19.3 Å². The maximum atomic E-state index is 11.8. The molecular formula is C15H23N3O. The number of rotatable bonds is 4. The van der Waals surface area contributed by atoms with E-state index in [1.54, 1.807) is 19.2 Å². The summed E-state index contributed by atoms with van der Waals surface area (Å²) < 4.78 is 0. The van der Waals surface area contributed by atoms with Gasteiger partial charge in [0.05, 0.1) is 5.56 Å². The van der Waals surface area contributed by atoms with E-state index >= 15 is 0 Å². The lowest BCUT2D eigenvalue weighted by molar-refractivity contribution is 0.0964. The van der Waals surface area contributed by atoms with Gasteiger partial charge in [-0.3, -0.25) is 4.79 Å². The molecule has 1 aromatic carbocycles. The lowest BCUT2D eigenvalue weighted by Gasteiger charge is -2.23. The summed E-state index contributed by atoms with van der Waals surface area (Å²) in [5, 5.41) is 6.06. The van der Waals surface area contributed by atoms with Crippen molar-refractivity contribution in [3.8, 4) is 0 Å². The summed E-state index contributed by atoms with van der Waals surface area (Å²) in [7, 11) is 1.64. The fraction of sp³-hybridized carbons (Fsp3) is 0.533. The predicted molar refractivity (Wildman–Crippen MR) is 79.3 cm³/mol. The van der Waals surface area contributed by atoms with Crippen molar-refractivity contribution in [1.82, 2.24) is 5.32 Å². The van der Waals surface area contributed by atoms with E-state index in [1.165, 1.54) is 32.1 Å². The van der Waals surface area contributed by atoms with Crippen molar-refractivity contribution in [3.63, 3.8) is 0 Å². The van der Waals surface area contributed by atoms with Crippen LogP contribution in [0.3, 0.4) is 0 Å². The van der Waals surface area contributed by atoms with Gasteiger partial charge in [0.15, 0.2) is 0 Å². The van der Waals surface area contributed by atoms with Gasteiger partial charge in [0.25, 0.3) is 5.91 Å². The maximum absolute atomic E-state index is 11.8. The van der Waals surface area contributed by atoms with E-state index in [0.717, 1.165) is 12.2 Å². The number of nitrogens with one attached hydrogen (secondary N) is 2. The molecule has 1 aliphatic carbocycles. The molecule has 1 aromatic rings. The first kappa shape index (κ1) is 13.7. The number of nitrogen functional groups attached to an aromatic ring is 1. The molecular weight excluding hydrogens is 238 g/mol. The van der Waals surface area contributed by atoms with Gasteiger partial charge in [-0.2, -0.15) is 0 Å². The summed E-state index contributed by atoms with van der Waals surface area (Å²) in [4.78, 5) is 11.8. The van der Waals surface area contributed by atoms with Gasteiger partial charge in [-0.05, 0) is 37.0 Å². The van der Waals surface area contributed by atoms with Crippen LogP contribution in [-0.2, 0) is 0 Å². The standard InChI is InChI=1S/C15H23N3O/c1-17-15(19)13-8-7-12(16)9-14(13)18-10-11-5-3-2-4-6-11/h7-9,11,18H,2-6,10,16H2,1H3,(H,17,19). The molecule has 1 amide bonds. The number of amides is 1. The number of benzene rings is 1. The summed E-state index contributed by atoms with van der Waals surface area (Å²) in [6.07, 6.45) is 6.57. The Balaban J connectivity index is 2.05. The molecule has 0 atom stereocenters. The summed E-state index contributed by atoms with van der Waals surface area (Å²) in [6, 6.07) is 5.38. The summed E-state index contributed by atoms with van der Waals surface area (Å²) >= 11 is 0. The molecule has 0 aromatic heterocycles. The Labute approximate surface area is 114 Å². The predicted octanol–water partition coefficient (Wildman–Crippen LogP) is 2.62. The van der Waals surface area contributed by atoms with Gasteiger partial charge in [0.1, 0.15) is 0 Å². The maximum Gasteiger partial charge on any atom is 0.253 e. The summed E-state index contributed by atoms with van der Waals surface area (Å²) in [5.74, 6) is 0.638. The second-order valence-electron chi connectivity index (χ2n) is 5.27. The van der Waals surface area contributed by atoms with E-state index < -0.39 is 0 Å². The van der Waals surface area contributed by atoms with Gasteiger partial charge in [-0.15, -0.1) is 0 Å². The first-order valence-corrected chi connectivity index (χ1v) is 7.06. The third-order valence-corrected chi connectivity index (χ3v) is 3.82. The zero-order valence-electron chi connectivity index (χ0n) is 11.5. The first-order valence-electron chi connectivity index (χ1n) is 7.06. The molecule has 1 saturated carbocycles. The van der Waals surface area contributed by atoms with Crippen molar-refractivity contribution in [3.05, 3.63) is 23.8 Å². The van der Waals surface area contributed by atoms with E-state index in [9.17, 15) is 4.79 Å². The molecule has 0 unspecified atom stereocenters. The number of nitrogens with two attached hydrogens (primary N) is 1. The van der Waals surface area contributed by atoms with Crippen LogP contribution in [-0.4, -0.2) is 19.5 Å². The van der Waals surface area contributed by atoms with Gasteiger partial charge in [0.2, 0.25) is 0 Å². The van der Waals surface area contributed by atoms with Crippen molar-refractivity contribution in [2.75, 3.05) is 24.6 Å². The lowest BCUT2D eigenvalue weighted by atomic mass is 9.89. The minimum absolute atomic E-state index is 0.0776. The molecule has 1 fully saturated rings. The number of hydrogen-bond acceptors (Lipinski definition) is 3. The second-order valence-corrected chi connectivity index (χ2v) is 5.27. The van der Waals surface area contributed by atoms with Crippen LogP contribution in [0, 0.1) is 5.92 Å². The van der Waals surface area contributed by atoms with Crippen LogP contribution >= 0.6 is 0 Å². The van der Waals surface area contributed by atoms with Crippen LogP contribution in [0.4, 0.5) is 11.4 Å². The van der Waals surface area contributed by atoms with Crippen LogP contribution in [0.5, 0.6) is 0 Å². The number of carbonyl (C=O) groups is 1. The highest BCUT2D eigenvalue weighted by Gasteiger charge is 2.15. The zero-order valence-corrected chi connectivity index (χ0v) is 11.5. The Morgan fingerprint density at radius 2 is 2.05 bits per heavy atom. The van der Waals surface area contributed by atoms with Crippen LogP contribution in [0.2, 0.25) is 0 Å². The normalized spacial score (nSPS) is 16.1. The van der Waals surface area contributed by atoms with E-state index in [4.69, 9.17) is 5.73 Å². The van der Waals surface area contributed by atoms with Crippen molar-refractivity contribution in [2.24, 2.45) is 5.92 Å². The van der Waals surface area contributed by atoms with E-state index in [1.807, 2.05) is 6.07 Å². The van der Waals surface area contributed by atoms with Crippen molar-refractivity contribution in [1.29, 1.82) is 0 Å². The Bertz CT molecular complexity index is 439. The Morgan fingerprint density at radius 3 is 2.74 bits per heavy atom. The van der Waals surface area contributed by atoms with Crippen LogP contribution in [0.1, 0.15) is 42.5 Å². The van der Waals surface area contributed by atoms with Gasteiger partial charge >= 0.3 is 0 Å².